The van der Waals surface area contributed by atoms with Crippen molar-refractivity contribution in [2.45, 2.75) is 0 Å². The molecular formula is C14H17NO3. The molecule has 0 aliphatic heterocycles. The van der Waals surface area contributed by atoms with E-state index in [1.54, 1.807) is 38.4 Å². The molecule has 0 saturated carbocycles. The molecule has 0 unspecified atom stereocenters. The van der Waals surface area contributed by atoms with Gasteiger partial charge < -0.3 is 14.8 Å². The maximum Gasteiger partial charge on any atom is 0.243 e. The van der Waals surface area contributed by atoms with E-state index in [1.165, 1.54) is 6.08 Å². The summed E-state index contributed by atoms with van der Waals surface area (Å²) in [5.74, 6) is 1.12. The zero-order chi connectivity index (χ0) is 13.4. The zero-order valence-electron chi connectivity index (χ0n) is 10.6. The molecule has 1 aromatic rings. The van der Waals surface area contributed by atoms with E-state index in [-0.39, 0.29) is 5.91 Å². The molecule has 0 aliphatic rings. The van der Waals surface area contributed by atoms with E-state index in [0.717, 1.165) is 5.56 Å². The Morgan fingerprint density at radius 3 is 2.83 bits per heavy atom. The van der Waals surface area contributed by atoms with Gasteiger partial charge in [-0.1, -0.05) is 18.7 Å². The molecule has 4 nitrogen and oxygen atoms in total. The molecule has 0 saturated heterocycles. The number of rotatable bonds is 6. The Balaban J connectivity index is 2.87. The molecule has 0 aromatic heterocycles. The summed E-state index contributed by atoms with van der Waals surface area (Å²) in [7, 11) is 3.15. The van der Waals surface area contributed by atoms with Gasteiger partial charge in [0.2, 0.25) is 5.91 Å². The highest BCUT2D eigenvalue weighted by molar-refractivity contribution is 5.91. The molecule has 96 valence electrons. The maximum absolute atomic E-state index is 11.1. The van der Waals surface area contributed by atoms with Gasteiger partial charge in [0.15, 0.2) is 11.5 Å². The molecule has 18 heavy (non-hydrogen) atoms. The minimum Gasteiger partial charge on any atom is -0.493 e. The van der Waals surface area contributed by atoms with Crippen LogP contribution in [0.2, 0.25) is 0 Å². The van der Waals surface area contributed by atoms with E-state index in [1.807, 2.05) is 6.07 Å². The lowest BCUT2D eigenvalue weighted by molar-refractivity contribution is -0.115. The second-order valence-corrected chi connectivity index (χ2v) is 3.46. The Kier molecular flexibility index (Phi) is 5.51. The van der Waals surface area contributed by atoms with Gasteiger partial charge in [-0.25, -0.2) is 0 Å². The van der Waals surface area contributed by atoms with Crippen molar-refractivity contribution in [2.75, 3.05) is 20.8 Å². The zero-order valence-corrected chi connectivity index (χ0v) is 10.6. The van der Waals surface area contributed by atoms with Crippen molar-refractivity contribution in [3.05, 3.63) is 42.5 Å². The lowest BCUT2D eigenvalue weighted by Gasteiger charge is -2.09. The number of hydrogen-bond donors (Lipinski definition) is 1. The highest BCUT2D eigenvalue weighted by atomic mass is 16.5. The van der Waals surface area contributed by atoms with E-state index >= 15 is 0 Å². The van der Waals surface area contributed by atoms with Gasteiger partial charge in [0.25, 0.3) is 0 Å². The molecule has 1 amide bonds. The van der Waals surface area contributed by atoms with E-state index in [0.29, 0.717) is 18.1 Å². The normalized spacial score (nSPS) is 10.1. The average Bonchev–Trinajstić information content (AvgIpc) is 2.42. The number of ether oxygens (including phenoxy) is 2. The van der Waals surface area contributed by atoms with Crippen LogP contribution in [0.3, 0.4) is 0 Å². The first-order valence-electron chi connectivity index (χ1n) is 5.52. The van der Waals surface area contributed by atoms with E-state index < -0.39 is 0 Å². The minimum absolute atomic E-state index is 0.152. The van der Waals surface area contributed by atoms with E-state index in [4.69, 9.17) is 9.47 Å². The molecule has 0 bridgehead atoms. The van der Waals surface area contributed by atoms with Crippen molar-refractivity contribution in [3.63, 3.8) is 0 Å². The van der Waals surface area contributed by atoms with Crippen LogP contribution in [0.5, 0.6) is 11.5 Å². The summed E-state index contributed by atoms with van der Waals surface area (Å²) in [6, 6.07) is 5.45. The standard InChI is InChI=1S/C14H17NO3/c1-4-9-18-12-7-5-11(10-13(12)17-3)6-8-14(16)15-2/h4-8,10H,1,9H2,2-3H3,(H,15,16)/b8-6+. The summed E-state index contributed by atoms with van der Waals surface area (Å²) in [6.07, 6.45) is 4.83. The predicted molar refractivity (Wildman–Crippen MR) is 71.8 cm³/mol. The summed E-state index contributed by atoms with van der Waals surface area (Å²) in [6.45, 7) is 4.01. The van der Waals surface area contributed by atoms with Crippen LogP contribution in [0, 0.1) is 0 Å². The number of likely N-dealkylation sites (N-methyl/N-ethyl adjacent to an activating group) is 1. The third kappa shape index (κ3) is 3.97. The fourth-order valence-electron chi connectivity index (χ4n) is 1.31. The first-order valence-corrected chi connectivity index (χ1v) is 5.52. The molecule has 1 aromatic carbocycles. The van der Waals surface area contributed by atoms with Crippen LogP contribution in [-0.2, 0) is 4.79 Å². The van der Waals surface area contributed by atoms with Gasteiger partial charge in [0, 0.05) is 13.1 Å². The van der Waals surface area contributed by atoms with Gasteiger partial charge >= 0.3 is 0 Å². The van der Waals surface area contributed by atoms with Crippen LogP contribution >= 0.6 is 0 Å². The first kappa shape index (κ1) is 13.8. The SMILES string of the molecule is C=CCOc1ccc(/C=C/C(=O)NC)cc1OC. The minimum atomic E-state index is -0.152. The lowest BCUT2D eigenvalue weighted by atomic mass is 10.2. The molecule has 0 atom stereocenters. The van der Waals surface area contributed by atoms with Crippen molar-refractivity contribution in [3.8, 4) is 11.5 Å². The Labute approximate surface area is 107 Å². The Bertz CT molecular complexity index is 452. The molecule has 4 heteroatoms. The third-order valence-corrected chi connectivity index (χ3v) is 2.22. The molecule has 0 radical (unpaired) electrons. The van der Waals surface area contributed by atoms with Gasteiger partial charge in [0.1, 0.15) is 6.61 Å². The van der Waals surface area contributed by atoms with Gasteiger partial charge in [-0.2, -0.15) is 0 Å². The Hall–Kier alpha value is -2.23. The van der Waals surface area contributed by atoms with Crippen LogP contribution in [0.4, 0.5) is 0 Å². The topological polar surface area (TPSA) is 47.6 Å². The molecule has 0 fully saturated rings. The molecule has 0 spiro atoms. The molecule has 1 N–H and O–H groups in total. The average molecular weight is 247 g/mol. The van der Waals surface area contributed by atoms with Crippen LogP contribution in [-0.4, -0.2) is 26.7 Å². The van der Waals surface area contributed by atoms with Gasteiger partial charge in [-0.3, -0.25) is 4.79 Å². The number of nitrogens with one attached hydrogen (secondary N) is 1. The number of benzene rings is 1. The number of methoxy groups -OCH3 is 1. The number of amides is 1. The van der Waals surface area contributed by atoms with Gasteiger partial charge in [-0.05, 0) is 23.8 Å². The highest BCUT2D eigenvalue weighted by Gasteiger charge is 2.04. The van der Waals surface area contributed by atoms with Gasteiger partial charge in [0.05, 0.1) is 7.11 Å². The number of carbonyl (C=O) groups excluding carboxylic acids is 1. The fourth-order valence-corrected chi connectivity index (χ4v) is 1.31. The van der Waals surface area contributed by atoms with Crippen LogP contribution in [0.25, 0.3) is 6.08 Å². The van der Waals surface area contributed by atoms with E-state index in [2.05, 4.69) is 11.9 Å². The largest absolute Gasteiger partial charge is 0.493 e. The molecule has 1 rings (SSSR count). The van der Waals surface area contributed by atoms with Crippen molar-refractivity contribution >= 4 is 12.0 Å². The van der Waals surface area contributed by atoms with Crippen molar-refractivity contribution in [1.82, 2.24) is 5.32 Å². The number of hydrogen-bond acceptors (Lipinski definition) is 3. The first-order chi connectivity index (χ1) is 8.71. The molecule has 0 aliphatic carbocycles. The van der Waals surface area contributed by atoms with Crippen LogP contribution in [0.1, 0.15) is 5.56 Å². The second-order valence-electron chi connectivity index (χ2n) is 3.46. The smallest absolute Gasteiger partial charge is 0.243 e. The Morgan fingerprint density at radius 2 is 2.22 bits per heavy atom. The fraction of sp³-hybridized carbons (Fsp3) is 0.214. The van der Waals surface area contributed by atoms with Crippen molar-refractivity contribution in [1.29, 1.82) is 0 Å². The summed E-state index contributed by atoms with van der Waals surface area (Å²) in [5, 5.41) is 2.51. The van der Waals surface area contributed by atoms with Crippen LogP contribution in [0.15, 0.2) is 36.9 Å². The number of carbonyl (C=O) groups is 1. The second kappa shape index (κ2) is 7.17. The summed E-state index contributed by atoms with van der Waals surface area (Å²) >= 11 is 0. The maximum atomic E-state index is 11.1. The molecule has 0 heterocycles. The van der Waals surface area contributed by atoms with Gasteiger partial charge in [-0.15, -0.1) is 0 Å². The quantitative estimate of drug-likeness (QED) is 0.618. The summed E-state index contributed by atoms with van der Waals surface area (Å²) in [4.78, 5) is 11.1. The highest BCUT2D eigenvalue weighted by Crippen LogP contribution is 2.28. The lowest BCUT2D eigenvalue weighted by Crippen LogP contribution is -2.13. The summed E-state index contributed by atoms with van der Waals surface area (Å²) in [5.41, 5.74) is 0.862. The monoisotopic (exact) mass is 247 g/mol. The van der Waals surface area contributed by atoms with Crippen molar-refractivity contribution in [2.24, 2.45) is 0 Å². The third-order valence-electron chi connectivity index (χ3n) is 2.22. The van der Waals surface area contributed by atoms with E-state index in [9.17, 15) is 4.79 Å². The van der Waals surface area contributed by atoms with Crippen LogP contribution < -0.4 is 14.8 Å². The molecular weight excluding hydrogens is 230 g/mol. The summed E-state index contributed by atoms with van der Waals surface area (Å²) < 4.78 is 10.7. The predicted octanol–water partition coefficient (Wildman–Crippen LogP) is 2.02. The Morgan fingerprint density at radius 1 is 1.44 bits per heavy atom. The van der Waals surface area contributed by atoms with Crippen molar-refractivity contribution < 1.29 is 14.3 Å².